The zero-order valence-electron chi connectivity index (χ0n) is 9.45. The molecule has 1 aliphatic carbocycles. The zero-order chi connectivity index (χ0) is 10.7. The van der Waals surface area contributed by atoms with E-state index in [0.717, 1.165) is 18.1 Å². The molecule has 4 nitrogen and oxygen atoms in total. The van der Waals surface area contributed by atoms with E-state index < -0.39 is 0 Å². The van der Waals surface area contributed by atoms with Gasteiger partial charge in [-0.05, 0) is 19.8 Å². The number of hydrogen-bond acceptors (Lipinski definition) is 3. The van der Waals surface area contributed by atoms with Crippen LogP contribution in [-0.4, -0.2) is 15.0 Å². The van der Waals surface area contributed by atoms with Gasteiger partial charge in [-0.3, -0.25) is 0 Å². The molecule has 1 aromatic heterocycles. The lowest BCUT2D eigenvalue weighted by atomic mass is 9.96. The molecule has 0 aromatic carbocycles. The third kappa shape index (κ3) is 2.13. The van der Waals surface area contributed by atoms with Crippen LogP contribution in [0.1, 0.15) is 57.1 Å². The molecule has 4 heteroatoms. The number of nitrogen functional groups attached to an aromatic ring is 1. The van der Waals surface area contributed by atoms with Crippen molar-refractivity contribution in [3.05, 3.63) is 5.69 Å². The predicted octanol–water partition coefficient (Wildman–Crippen LogP) is 2.32. The molecule has 0 spiro atoms. The number of hydrogen-bond donors (Lipinski definition) is 1. The molecule has 1 fully saturated rings. The van der Waals surface area contributed by atoms with E-state index >= 15 is 0 Å². The zero-order valence-corrected chi connectivity index (χ0v) is 9.45. The summed E-state index contributed by atoms with van der Waals surface area (Å²) < 4.78 is 1.79. The van der Waals surface area contributed by atoms with Crippen LogP contribution in [0, 0.1) is 0 Å². The van der Waals surface area contributed by atoms with Gasteiger partial charge in [0.25, 0.3) is 0 Å². The van der Waals surface area contributed by atoms with Gasteiger partial charge in [0.2, 0.25) is 0 Å². The monoisotopic (exact) mass is 208 g/mol. The van der Waals surface area contributed by atoms with E-state index in [4.69, 9.17) is 5.73 Å². The molecule has 0 saturated heterocycles. The Bertz CT molecular complexity index is 310. The van der Waals surface area contributed by atoms with E-state index in [1.54, 1.807) is 4.68 Å². The van der Waals surface area contributed by atoms with Crippen molar-refractivity contribution in [3.8, 4) is 0 Å². The summed E-state index contributed by atoms with van der Waals surface area (Å²) in [6.07, 6.45) is 7.79. The lowest BCUT2D eigenvalue weighted by Crippen LogP contribution is -2.05. The minimum absolute atomic E-state index is 0.549. The van der Waals surface area contributed by atoms with Crippen LogP contribution >= 0.6 is 0 Å². The molecular formula is C11H20N4. The van der Waals surface area contributed by atoms with E-state index in [-0.39, 0.29) is 0 Å². The average molecular weight is 208 g/mol. The molecule has 1 aromatic rings. The Labute approximate surface area is 90.8 Å². The van der Waals surface area contributed by atoms with Crippen LogP contribution in [0.15, 0.2) is 0 Å². The van der Waals surface area contributed by atoms with E-state index in [0.29, 0.717) is 5.92 Å². The second-order valence-corrected chi connectivity index (χ2v) is 4.36. The van der Waals surface area contributed by atoms with Gasteiger partial charge >= 0.3 is 0 Å². The van der Waals surface area contributed by atoms with Crippen molar-refractivity contribution >= 4 is 5.82 Å². The number of aromatic nitrogens is 3. The Kier molecular flexibility index (Phi) is 3.23. The van der Waals surface area contributed by atoms with Gasteiger partial charge in [0.15, 0.2) is 0 Å². The molecule has 0 radical (unpaired) electrons. The molecule has 0 amide bonds. The maximum absolute atomic E-state index is 6.03. The van der Waals surface area contributed by atoms with Crippen molar-refractivity contribution in [3.63, 3.8) is 0 Å². The smallest absolute Gasteiger partial charge is 0.145 e. The highest BCUT2D eigenvalue weighted by Crippen LogP contribution is 2.32. The van der Waals surface area contributed by atoms with Gasteiger partial charge in [-0.25, -0.2) is 4.68 Å². The molecule has 2 N–H and O–H groups in total. The first kappa shape index (κ1) is 10.5. The van der Waals surface area contributed by atoms with Crippen LogP contribution in [0.2, 0.25) is 0 Å². The average Bonchev–Trinajstić information content (AvgIpc) is 2.49. The van der Waals surface area contributed by atoms with Crippen LogP contribution in [0.4, 0.5) is 5.82 Å². The van der Waals surface area contributed by atoms with Gasteiger partial charge in [0.05, 0.1) is 0 Å². The van der Waals surface area contributed by atoms with Gasteiger partial charge in [-0.15, -0.1) is 5.10 Å². The quantitative estimate of drug-likeness (QED) is 0.759. The molecule has 0 aliphatic heterocycles. The summed E-state index contributed by atoms with van der Waals surface area (Å²) in [5, 5.41) is 8.32. The first-order valence-electron chi connectivity index (χ1n) is 6.01. The van der Waals surface area contributed by atoms with E-state index in [9.17, 15) is 0 Å². The van der Waals surface area contributed by atoms with Gasteiger partial charge in [-0.1, -0.05) is 30.9 Å². The van der Waals surface area contributed by atoms with E-state index in [1.165, 1.54) is 38.5 Å². The number of nitrogens with zero attached hydrogens (tertiary/aromatic N) is 3. The number of aryl methyl sites for hydroxylation is 1. The molecule has 0 bridgehead atoms. The number of rotatable bonds is 2. The largest absolute Gasteiger partial charge is 0.382 e. The maximum Gasteiger partial charge on any atom is 0.145 e. The van der Waals surface area contributed by atoms with Gasteiger partial charge in [-0.2, -0.15) is 0 Å². The minimum atomic E-state index is 0.549. The maximum atomic E-state index is 6.03. The molecule has 84 valence electrons. The molecule has 0 atom stereocenters. The fraction of sp³-hybridized carbons (Fsp3) is 0.818. The van der Waals surface area contributed by atoms with Crippen LogP contribution in [-0.2, 0) is 6.54 Å². The second kappa shape index (κ2) is 4.64. The minimum Gasteiger partial charge on any atom is -0.382 e. The highest BCUT2D eigenvalue weighted by atomic mass is 15.4. The SMILES string of the molecule is CCn1nnc(C2CCCCCC2)c1N. The Morgan fingerprint density at radius 2 is 1.93 bits per heavy atom. The fourth-order valence-electron chi connectivity index (χ4n) is 2.41. The van der Waals surface area contributed by atoms with Gasteiger partial charge < -0.3 is 5.73 Å². The Balaban J connectivity index is 2.16. The van der Waals surface area contributed by atoms with Gasteiger partial charge in [0.1, 0.15) is 11.5 Å². The van der Waals surface area contributed by atoms with Crippen molar-refractivity contribution < 1.29 is 0 Å². The molecule has 0 unspecified atom stereocenters. The topological polar surface area (TPSA) is 56.7 Å². The fourth-order valence-corrected chi connectivity index (χ4v) is 2.41. The summed E-state index contributed by atoms with van der Waals surface area (Å²) >= 11 is 0. The molecule has 1 aliphatic rings. The summed E-state index contributed by atoms with van der Waals surface area (Å²) in [7, 11) is 0. The third-order valence-corrected chi connectivity index (χ3v) is 3.34. The number of nitrogens with two attached hydrogens (primary N) is 1. The first-order valence-corrected chi connectivity index (χ1v) is 6.01. The Morgan fingerprint density at radius 3 is 2.47 bits per heavy atom. The molecule has 1 heterocycles. The van der Waals surface area contributed by atoms with Crippen LogP contribution in [0.5, 0.6) is 0 Å². The Hall–Kier alpha value is -1.06. The van der Waals surface area contributed by atoms with E-state index in [1.807, 2.05) is 6.92 Å². The van der Waals surface area contributed by atoms with Crippen molar-refractivity contribution in [2.75, 3.05) is 5.73 Å². The standard InChI is InChI=1S/C11H20N4/c1-2-15-11(12)10(13-14-15)9-7-5-3-4-6-8-9/h9H,2-8,12H2,1H3. The lowest BCUT2D eigenvalue weighted by Gasteiger charge is -2.11. The molecule has 15 heavy (non-hydrogen) atoms. The third-order valence-electron chi connectivity index (χ3n) is 3.34. The van der Waals surface area contributed by atoms with Crippen LogP contribution < -0.4 is 5.73 Å². The Morgan fingerprint density at radius 1 is 1.27 bits per heavy atom. The van der Waals surface area contributed by atoms with E-state index in [2.05, 4.69) is 10.3 Å². The molecular weight excluding hydrogens is 188 g/mol. The van der Waals surface area contributed by atoms with Crippen LogP contribution in [0.3, 0.4) is 0 Å². The molecule has 1 saturated carbocycles. The lowest BCUT2D eigenvalue weighted by molar-refractivity contribution is 0.576. The predicted molar refractivity (Wildman–Crippen MR) is 60.6 cm³/mol. The molecule has 2 rings (SSSR count). The van der Waals surface area contributed by atoms with Crippen molar-refractivity contribution in [2.24, 2.45) is 0 Å². The van der Waals surface area contributed by atoms with Crippen molar-refractivity contribution in [1.82, 2.24) is 15.0 Å². The highest BCUT2D eigenvalue weighted by molar-refractivity contribution is 5.36. The van der Waals surface area contributed by atoms with Gasteiger partial charge in [0, 0.05) is 12.5 Å². The van der Waals surface area contributed by atoms with Crippen molar-refractivity contribution in [1.29, 1.82) is 0 Å². The summed E-state index contributed by atoms with van der Waals surface area (Å²) in [6.45, 7) is 2.85. The summed E-state index contributed by atoms with van der Waals surface area (Å²) in [5.74, 6) is 1.33. The van der Waals surface area contributed by atoms with Crippen molar-refractivity contribution in [2.45, 2.75) is 57.9 Å². The first-order chi connectivity index (χ1) is 7.33. The van der Waals surface area contributed by atoms with Crippen LogP contribution in [0.25, 0.3) is 0 Å². The highest BCUT2D eigenvalue weighted by Gasteiger charge is 2.20. The normalized spacial score (nSPS) is 19.0. The number of anilines is 1. The summed E-state index contributed by atoms with van der Waals surface area (Å²) in [5.41, 5.74) is 7.07. The summed E-state index contributed by atoms with van der Waals surface area (Å²) in [4.78, 5) is 0. The summed E-state index contributed by atoms with van der Waals surface area (Å²) in [6, 6.07) is 0. The second-order valence-electron chi connectivity index (χ2n) is 4.36.